The van der Waals surface area contributed by atoms with Crippen LogP contribution in [0.3, 0.4) is 0 Å². The first-order valence-electron chi connectivity index (χ1n) is 5.15. The standard InChI is InChI=1S/C12H14N2OS/c1-8-4-11(7-15)9(2)14(8)6-12-5-13-10(3)16-12/h4-5,7H,6H2,1-3H3. The Bertz CT molecular complexity index is 525. The van der Waals surface area contributed by atoms with Crippen molar-refractivity contribution in [2.24, 2.45) is 0 Å². The lowest BCUT2D eigenvalue weighted by molar-refractivity contribution is 0.112. The number of thiazole rings is 1. The van der Waals surface area contributed by atoms with E-state index in [1.165, 1.54) is 4.88 Å². The molecule has 0 aromatic carbocycles. The molecule has 0 aliphatic carbocycles. The van der Waals surface area contributed by atoms with E-state index in [2.05, 4.69) is 9.55 Å². The highest BCUT2D eigenvalue weighted by Gasteiger charge is 2.09. The molecule has 84 valence electrons. The van der Waals surface area contributed by atoms with E-state index in [1.807, 2.05) is 33.0 Å². The van der Waals surface area contributed by atoms with Crippen molar-refractivity contribution >= 4 is 17.6 Å². The van der Waals surface area contributed by atoms with Gasteiger partial charge in [-0.05, 0) is 26.8 Å². The quantitative estimate of drug-likeness (QED) is 0.765. The van der Waals surface area contributed by atoms with Gasteiger partial charge in [0.05, 0.1) is 11.6 Å². The van der Waals surface area contributed by atoms with E-state index in [9.17, 15) is 4.79 Å². The van der Waals surface area contributed by atoms with E-state index < -0.39 is 0 Å². The van der Waals surface area contributed by atoms with Gasteiger partial charge in [-0.25, -0.2) is 4.98 Å². The van der Waals surface area contributed by atoms with Gasteiger partial charge < -0.3 is 4.57 Å². The Kier molecular flexibility index (Phi) is 2.92. The zero-order valence-electron chi connectivity index (χ0n) is 9.65. The molecular formula is C12H14N2OS. The average Bonchev–Trinajstić information content (AvgIpc) is 2.77. The first kappa shape index (κ1) is 11.1. The van der Waals surface area contributed by atoms with Crippen LogP contribution in [0.5, 0.6) is 0 Å². The number of aryl methyl sites for hydroxylation is 2. The van der Waals surface area contributed by atoms with Crippen LogP contribution in [-0.2, 0) is 6.54 Å². The van der Waals surface area contributed by atoms with Crippen molar-refractivity contribution in [3.8, 4) is 0 Å². The highest BCUT2D eigenvalue weighted by Crippen LogP contribution is 2.18. The maximum Gasteiger partial charge on any atom is 0.151 e. The normalized spacial score (nSPS) is 10.7. The van der Waals surface area contributed by atoms with Crippen molar-refractivity contribution in [3.63, 3.8) is 0 Å². The minimum absolute atomic E-state index is 0.777. The number of carbonyl (C=O) groups excluding carboxylic acids is 1. The van der Waals surface area contributed by atoms with Crippen molar-refractivity contribution in [1.29, 1.82) is 0 Å². The number of nitrogens with zero attached hydrogens (tertiary/aromatic N) is 2. The molecule has 0 saturated heterocycles. The Morgan fingerprint density at radius 3 is 2.69 bits per heavy atom. The van der Waals surface area contributed by atoms with Crippen LogP contribution in [0, 0.1) is 20.8 Å². The topological polar surface area (TPSA) is 34.9 Å². The first-order chi connectivity index (χ1) is 7.61. The molecule has 4 heteroatoms. The van der Waals surface area contributed by atoms with Crippen molar-refractivity contribution in [2.75, 3.05) is 0 Å². The zero-order chi connectivity index (χ0) is 11.7. The lowest BCUT2D eigenvalue weighted by Crippen LogP contribution is -2.02. The molecule has 0 N–H and O–H groups in total. The van der Waals surface area contributed by atoms with Gasteiger partial charge in [-0.1, -0.05) is 0 Å². The molecule has 2 heterocycles. The van der Waals surface area contributed by atoms with E-state index in [-0.39, 0.29) is 0 Å². The van der Waals surface area contributed by atoms with Crippen LogP contribution in [0.1, 0.15) is 31.6 Å². The molecule has 0 unspecified atom stereocenters. The molecule has 3 nitrogen and oxygen atoms in total. The number of carbonyl (C=O) groups is 1. The molecular weight excluding hydrogens is 220 g/mol. The van der Waals surface area contributed by atoms with Gasteiger partial charge in [0.15, 0.2) is 6.29 Å². The highest BCUT2D eigenvalue weighted by molar-refractivity contribution is 7.11. The fraction of sp³-hybridized carbons (Fsp3) is 0.333. The highest BCUT2D eigenvalue weighted by atomic mass is 32.1. The molecule has 2 aromatic heterocycles. The molecule has 0 aliphatic rings. The Labute approximate surface area is 98.8 Å². The summed E-state index contributed by atoms with van der Waals surface area (Å²) in [6, 6.07) is 1.93. The van der Waals surface area contributed by atoms with Crippen molar-refractivity contribution in [1.82, 2.24) is 9.55 Å². The van der Waals surface area contributed by atoms with Gasteiger partial charge in [0.2, 0.25) is 0 Å². The summed E-state index contributed by atoms with van der Waals surface area (Å²) in [5, 5.41) is 1.08. The number of aldehydes is 1. The molecule has 0 atom stereocenters. The van der Waals surface area contributed by atoms with Crippen LogP contribution in [0.15, 0.2) is 12.3 Å². The summed E-state index contributed by atoms with van der Waals surface area (Å²) in [7, 11) is 0. The Balaban J connectivity index is 2.34. The summed E-state index contributed by atoms with van der Waals surface area (Å²) in [5.74, 6) is 0. The van der Waals surface area contributed by atoms with Gasteiger partial charge >= 0.3 is 0 Å². The predicted octanol–water partition coefficient (Wildman–Crippen LogP) is 2.73. The molecule has 0 spiro atoms. The lowest BCUT2D eigenvalue weighted by Gasteiger charge is -2.06. The molecule has 0 aliphatic heterocycles. The van der Waals surface area contributed by atoms with E-state index in [0.29, 0.717) is 0 Å². The summed E-state index contributed by atoms with van der Waals surface area (Å²) in [6.45, 7) is 6.80. The van der Waals surface area contributed by atoms with Crippen LogP contribution in [0.2, 0.25) is 0 Å². The minimum Gasteiger partial charge on any atom is -0.343 e. The Morgan fingerprint density at radius 2 is 2.19 bits per heavy atom. The fourth-order valence-corrected chi connectivity index (χ4v) is 2.61. The van der Waals surface area contributed by atoms with Gasteiger partial charge in [-0.15, -0.1) is 11.3 Å². The maximum absolute atomic E-state index is 10.8. The number of aromatic nitrogens is 2. The van der Waals surface area contributed by atoms with Crippen molar-refractivity contribution in [3.05, 3.63) is 39.1 Å². The van der Waals surface area contributed by atoms with Crippen LogP contribution >= 0.6 is 11.3 Å². The van der Waals surface area contributed by atoms with Crippen LogP contribution in [0.25, 0.3) is 0 Å². The van der Waals surface area contributed by atoms with Crippen LogP contribution in [-0.4, -0.2) is 15.8 Å². The maximum atomic E-state index is 10.8. The van der Waals surface area contributed by atoms with Crippen molar-refractivity contribution in [2.45, 2.75) is 27.3 Å². The summed E-state index contributed by atoms with van der Waals surface area (Å²) < 4.78 is 2.15. The third-order valence-corrected chi connectivity index (χ3v) is 3.62. The van der Waals surface area contributed by atoms with Gasteiger partial charge in [0.25, 0.3) is 0 Å². The number of rotatable bonds is 3. The molecule has 0 fully saturated rings. The molecule has 0 radical (unpaired) electrons. The fourth-order valence-electron chi connectivity index (χ4n) is 1.82. The summed E-state index contributed by atoms with van der Waals surface area (Å²) >= 11 is 1.70. The second-order valence-electron chi connectivity index (χ2n) is 3.88. The van der Waals surface area contributed by atoms with Gasteiger partial charge in [0, 0.05) is 28.0 Å². The Hall–Kier alpha value is -1.42. The van der Waals surface area contributed by atoms with Crippen LogP contribution < -0.4 is 0 Å². The molecule has 0 saturated carbocycles. The third-order valence-electron chi connectivity index (χ3n) is 2.72. The summed E-state index contributed by atoms with van der Waals surface area (Å²) in [5.41, 5.74) is 2.92. The first-order valence-corrected chi connectivity index (χ1v) is 5.96. The van der Waals surface area contributed by atoms with E-state index in [1.54, 1.807) is 11.3 Å². The zero-order valence-corrected chi connectivity index (χ0v) is 10.5. The monoisotopic (exact) mass is 234 g/mol. The molecule has 0 amide bonds. The predicted molar refractivity (Wildman–Crippen MR) is 65.2 cm³/mol. The van der Waals surface area contributed by atoms with Gasteiger partial charge in [-0.3, -0.25) is 4.79 Å². The number of hydrogen-bond donors (Lipinski definition) is 0. The molecule has 0 bridgehead atoms. The van der Waals surface area contributed by atoms with E-state index >= 15 is 0 Å². The SMILES string of the molecule is Cc1ncc(Cn2c(C)cc(C=O)c2C)s1. The smallest absolute Gasteiger partial charge is 0.151 e. The molecule has 2 rings (SSSR count). The third kappa shape index (κ3) is 1.93. The molecule has 2 aromatic rings. The second kappa shape index (κ2) is 4.22. The van der Waals surface area contributed by atoms with E-state index in [0.717, 1.165) is 34.8 Å². The van der Waals surface area contributed by atoms with Gasteiger partial charge in [0.1, 0.15) is 0 Å². The second-order valence-corrected chi connectivity index (χ2v) is 5.20. The van der Waals surface area contributed by atoms with Crippen molar-refractivity contribution < 1.29 is 4.79 Å². The molecule has 16 heavy (non-hydrogen) atoms. The number of hydrogen-bond acceptors (Lipinski definition) is 3. The largest absolute Gasteiger partial charge is 0.343 e. The summed E-state index contributed by atoms with van der Waals surface area (Å²) in [4.78, 5) is 16.3. The Morgan fingerprint density at radius 1 is 1.44 bits per heavy atom. The lowest BCUT2D eigenvalue weighted by atomic mass is 10.3. The van der Waals surface area contributed by atoms with E-state index in [4.69, 9.17) is 0 Å². The summed E-state index contributed by atoms with van der Waals surface area (Å²) in [6.07, 6.45) is 2.82. The van der Waals surface area contributed by atoms with Crippen LogP contribution in [0.4, 0.5) is 0 Å². The van der Waals surface area contributed by atoms with Gasteiger partial charge in [-0.2, -0.15) is 0 Å². The average molecular weight is 234 g/mol. The minimum atomic E-state index is 0.777.